The van der Waals surface area contributed by atoms with Gasteiger partial charge in [0.2, 0.25) is 5.69 Å². The Labute approximate surface area is 196 Å². The van der Waals surface area contributed by atoms with Crippen LogP contribution in [0.4, 0.5) is 0 Å². The molecule has 1 heterocycles. The first-order valence-electron chi connectivity index (χ1n) is 13.0. The maximum Gasteiger partial charge on any atom is 0.220 e. The molecule has 0 amide bonds. The van der Waals surface area contributed by atoms with Gasteiger partial charge in [0.25, 0.3) is 0 Å². The van der Waals surface area contributed by atoms with E-state index in [1.165, 1.54) is 83.4 Å². The molecular weight excluding hydrogens is 402 g/mol. The molecule has 1 aromatic heterocycles. The van der Waals surface area contributed by atoms with E-state index in [0.717, 1.165) is 5.92 Å². The zero-order valence-electron chi connectivity index (χ0n) is 21.2. The first-order valence-corrected chi connectivity index (χ1v) is 15.6. The molecule has 1 aliphatic carbocycles. The van der Waals surface area contributed by atoms with Crippen LogP contribution in [-0.2, 0) is 7.05 Å². The molecule has 2 heteroatoms. The molecule has 0 unspecified atom stereocenters. The van der Waals surface area contributed by atoms with Crippen molar-refractivity contribution in [2.24, 2.45) is 7.05 Å². The molecule has 1 nitrogen and oxygen atoms in total. The number of hydrogen-bond acceptors (Lipinski definition) is 0. The van der Waals surface area contributed by atoms with E-state index in [-0.39, 0.29) is 0 Å². The van der Waals surface area contributed by atoms with Crippen LogP contribution in [0.2, 0.25) is 18.1 Å². The van der Waals surface area contributed by atoms with E-state index >= 15 is 0 Å². The minimum Gasteiger partial charge on any atom is -0.200 e. The minimum atomic E-state index is -1.38. The Morgan fingerprint density at radius 1 is 0.875 bits per heavy atom. The lowest BCUT2D eigenvalue weighted by Gasteiger charge is -2.29. The summed E-state index contributed by atoms with van der Waals surface area (Å²) in [7, 11) is 0.837. The van der Waals surface area contributed by atoms with Crippen molar-refractivity contribution in [2.75, 3.05) is 0 Å². The van der Waals surface area contributed by atoms with Crippen LogP contribution < -0.4 is 9.75 Å². The van der Waals surface area contributed by atoms with E-state index in [4.69, 9.17) is 0 Å². The predicted octanol–water partition coefficient (Wildman–Crippen LogP) is 7.71. The molecule has 3 aromatic rings. The van der Waals surface area contributed by atoms with Crippen LogP contribution >= 0.6 is 0 Å². The van der Waals surface area contributed by atoms with Crippen molar-refractivity contribution < 1.29 is 4.57 Å². The molecule has 32 heavy (non-hydrogen) atoms. The summed E-state index contributed by atoms with van der Waals surface area (Å²) < 4.78 is 2.35. The summed E-state index contributed by atoms with van der Waals surface area (Å²) >= 11 is 0. The molecule has 1 fully saturated rings. The Hall–Kier alpha value is -1.93. The summed E-state index contributed by atoms with van der Waals surface area (Å²) in [6.07, 6.45) is 9.16. The summed E-state index contributed by atoms with van der Waals surface area (Å²) in [5.41, 5.74) is 7.23. The van der Waals surface area contributed by atoms with Gasteiger partial charge in [0, 0.05) is 6.07 Å². The first kappa shape index (κ1) is 23.2. The maximum atomic E-state index is 2.54. The SMILES string of the molecule is CC[Si](CC)(CC)c1ccc2c(-c3cc(C4CCCCC4)cc(C)c3C)[n+](C)ccc2c1. The van der Waals surface area contributed by atoms with Crippen LogP contribution in [0.15, 0.2) is 42.6 Å². The average molecular weight is 445 g/mol. The summed E-state index contributed by atoms with van der Waals surface area (Å²) in [4.78, 5) is 0. The summed E-state index contributed by atoms with van der Waals surface area (Å²) in [6.45, 7) is 11.8. The number of hydrogen-bond donors (Lipinski definition) is 0. The number of aromatic nitrogens is 1. The van der Waals surface area contributed by atoms with Crippen molar-refractivity contribution >= 4 is 24.0 Å². The third-order valence-corrected chi connectivity index (χ3v) is 14.4. The normalized spacial score (nSPS) is 15.4. The predicted molar refractivity (Wildman–Crippen MR) is 143 cm³/mol. The van der Waals surface area contributed by atoms with Gasteiger partial charge in [-0.2, -0.15) is 0 Å². The molecule has 1 saturated carbocycles. The van der Waals surface area contributed by atoms with Crippen molar-refractivity contribution in [3.8, 4) is 11.3 Å². The number of pyridine rings is 1. The van der Waals surface area contributed by atoms with E-state index in [1.807, 2.05) is 0 Å². The average Bonchev–Trinajstić information content (AvgIpc) is 2.83. The van der Waals surface area contributed by atoms with Gasteiger partial charge in [0.05, 0.1) is 19.0 Å². The second-order valence-electron chi connectivity index (χ2n) is 10.3. The minimum absolute atomic E-state index is 0.735. The maximum absolute atomic E-state index is 2.54. The van der Waals surface area contributed by atoms with Crippen molar-refractivity contribution in [3.63, 3.8) is 0 Å². The Bertz CT molecular complexity index is 1100. The largest absolute Gasteiger partial charge is 0.220 e. The molecule has 0 radical (unpaired) electrons. The first-order chi connectivity index (χ1) is 15.4. The molecule has 0 N–H and O–H groups in total. The molecule has 0 atom stereocenters. The van der Waals surface area contributed by atoms with Gasteiger partial charge in [-0.1, -0.05) is 81.6 Å². The molecule has 1 aliphatic rings. The lowest BCUT2D eigenvalue weighted by Crippen LogP contribution is -2.45. The zero-order chi connectivity index (χ0) is 22.9. The Morgan fingerprint density at radius 3 is 2.22 bits per heavy atom. The summed E-state index contributed by atoms with van der Waals surface area (Å²) in [6, 6.07) is 18.8. The third kappa shape index (κ3) is 4.07. The number of benzene rings is 2. The second-order valence-corrected chi connectivity index (χ2v) is 15.5. The quantitative estimate of drug-likeness (QED) is 0.271. The molecule has 4 rings (SSSR count). The van der Waals surface area contributed by atoms with Gasteiger partial charge in [-0.25, -0.2) is 4.57 Å². The van der Waals surface area contributed by atoms with Crippen LogP contribution in [0.25, 0.3) is 22.0 Å². The van der Waals surface area contributed by atoms with Gasteiger partial charge >= 0.3 is 0 Å². The monoisotopic (exact) mass is 444 g/mol. The van der Waals surface area contributed by atoms with Crippen LogP contribution in [0, 0.1) is 13.8 Å². The lowest BCUT2D eigenvalue weighted by atomic mass is 9.81. The van der Waals surface area contributed by atoms with Gasteiger partial charge in [0.15, 0.2) is 6.20 Å². The van der Waals surface area contributed by atoms with E-state index in [0.29, 0.717) is 0 Å². The van der Waals surface area contributed by atoms with Gasteiger partial charge in [-0.15, -0.1) is 0 Å². The van der Waals surface area contributed by atoms with Crippen LogP contribution in [-0.4, -0.2) is 8.07 Å². The Kier molecular flexibility index (Phi) is 6.90. The van der Waals surface area contributed by atoms with Gasteiger partial charge in [0.1, 0.15) is 7.05 Å². The number of aryl methyl sites for hydroxylation is 2. The third-order valence-electron chi connectivity index (χ3n) is 8.80. The van der Waals surface area contributed by atoms with Crippen LogP contribution in [0.3, 0.4) is 0 Å². The van der Waals surface area contributed by atoms with E-state index in [1.54, 1.807) is 10.8 Å². The highest BCUT2D eigenvalue weighted by molar-refractivity contribution is 6.91. The fraction of sp³-hybridized carbons (Fsp3) is 0.500. The van der Waals surface area contributed by atoms with E-state index < -0.39 is 8.07 Å². The standard InChI is InChI=1S/C30H42NSi/c1-7-32(8-2,9-3)27-15-16-28-25(20-27)17-18-31(6)30(28)29-21-26(19-22(4)23(29)5)24-13-11-10-12-14-24/h15-21,24H,7-14H2,1-6H3/q+1. The summed E-state index contributed by atoms with van der Waals surface area (Å²) in [5.74, 6) is 0.735. The Morgan fingerprint density at radius 2 is 1.56 bits per heavy atom. The molecular formula is C30H42NSi+. The highest BCUT2D eigenvalue weighted by atomic mass is 28.3. The molecule has 0 bridgehead atoms. The van der Waals surface area contributed by atoms with Gasteiger partial charge in [-0.05, 0) is 66.8 Å². The Balaban J connectivity index is 1.89. The molecule has 0 spiro atoms. The second kappa shape index (κ2) is 9.51. The number of fused-ring (bicyclic) bond motifs is 1. The van der Waals surface area contributed by atoms with E-state index in [9.17, 15) is 0 Å². The topological polar surface area (TPSA) is 3.88 Å². The molecule has 2 aromatic carbocycles. The van der Waals surface area contributed by atoms with Crippen molar-refractivity contribution in [1.29, 1.82) is 0 Å². The van der Waals surface area contributed by atoms with Gasteiger partial charge in [-0.3, -0.25) is 0 Å². The van der Waals surface area contributed by atoms with Gasteiger partial charge < -0.3 is 0 Å². The smallest absolute Gasteiger partial charge is 0.200 e. The molecule has 0 saturated heterocycles. The highest BCUT2D eigenvalue weighted by Gasteiger charge is 2.30. The van der Waals surface area contributed by atoms with Crippen molar-refractivity contribution in [3.05, 3.63) is 59.3 Å². The fourth-order valence-corrected chi connectivity index (χ4v) is 9.83. The van der Waals surface area contributed by atoms with Crippen LogP contribution in [0.5, 0.6) is 0 Å². The number of nitrogens with zero attached hydrogens (tertiary/aromatic N) is 1. The van der Waals surface area contributed by atoms with Crippen molar-refractivity contribution in [2.45, 2.75) is 90.8 Å². The van der Waals surface area contributed by atoms with Crippen molar-refractivity contribution in [1.82, 2.24) is 0 Å². The fourth-order valence-electron chi connectivity index (χ4n) is 6.21. The zero-order valence-corrected chi connectivity index (χ0v) is 22.2. The molecule has 170 valence electrons. The lowest BCUT2D eigenvalue weighted by molar-refractivity contribution is -0.659. The van der Waals surface area contributed by atoms with Crippen LogP contribution in [0.1, 0.15) is 75.5 Å². The number of rotatable bonds is 6. The summed E-state index contributed by atoms with van der Waals surface area (Å²) in [5, 5.41) is 4.44. The van der Waals surface area contributed by atoms with E-state index in [2.05, 4.69) is 88.8 Å². The molecule has 0 aliphatic heterocycles. The highest BCUT2D eigenvalue weighted by Crippen LogP contribution is 2.37.